The molecule has 0 atom stereocenters. The molecule has 2 nitrogen and oxygen atoms in total. The third kappa shape index (κ3) is 0.871. The highest BCUT2D eigenvalue weighted by Gasteiger charge is 2.32. The Bertz CT molecular complexity index is 465. The average Bonchev–Trinajstić information content (AvgIpc) is 2.40. The Morgan fingerprint density at radius 3 is 1.19 bits per heavy atom. The highest BCUT2D eigenvalue weighted by molar-refractivity contribution is 5.95. The van der Waals surface area contributed by atoms with Crippen LogP contribution in [-0.4, -0.2) is 13.1 Å². The first-order valence-corrected chi connectivity index (χ1v) is 5.68. The molecule has 2 bridgehead atoms. The molecule has 0 spiro atoms. The van der Waals surface area contributed by atoms with E-state index < -0.39 is 0 Å². The van der Waals surface area contributed by atoms with Crippen LogP contribution in [0.5, 0.6) is 0 Å². The topological polar surface area (TPSA) is 6.48 Å². The number of para-hydroxylation sites is 4. The van der Waals surface area contributed by atoms with Gasteiger partial charge in [0.05, 0.1) is 22.7 Å². The van der Waals surface area contributed by atoms with E-state index in [1.807, 2.05) is 0 Å². The van der Waals surface area contributed by atoms with Crippen molar-refractivity contribution in [2.75, 3.05) is 22.9 Å². The number of benzene rings is 2. The minimum absolute atomic E-state index is 1.09. The fourth-order valence-electron chi connectivity index (χ4n) is 2.78. The first-order chi connectivity index (χ1) is 7.95. The van der Waals surface area contributed by atoms with Crippen molar-refractivity contribution in [3.63, 3.8) is 0 Å². The lowest BCUT2D eigenvalue weighted by atomic mass is 10.0. The molecule has 3 aliphatic heterocycles. The van der Waals surface area contributed by atoms with Gasteiger partial charge >= 0.3 is 0 Å². The van der Waals surface area contributed by atoms with E-state index in [4.69, 9.17) is 0 Å². The maximum absolute atomic E-state index is 2.42. The maximum Gasteiger partial charge on any atom is 0.0653 e. The summed E-state index contributed by atoms with van der Waals surface area (Å²) in [5, 5.41) is 0. The van der Waals surface area contributed by atoms with E-state index in [9.17, 15) is 0 Å². The SMILES string of the molecule is c1ccc2c(c1)N1CCN2c2ccccc21. The summed E-state index contributed by atoms with van der Waals surface area (Å²) in [7, 11) is 0. The van der Waals surface area contributed by atoms with Crippen LogP contribution in [0, 0.1) is 0 Å². The minimum atomic E-state index is 1.09. The van der Waals surface area contributed by atoms with Crippen LogP contribution in [0.1, 0.15) is 0 Å². The number of hydrogen-bond acceptors (Lipinski definition) is 2. The molecule has 3 aliphatic rings. The molecule has 2 aromatic carbocycles. The summed E-state index contributed by atoms with van der Waals surface area (Å²) >= 11 is 0. The van der Waals surface area contributed by atoms with Crippen LogP contribution in [0.4, 0.5) is 22.7 Å². The summed E-state index contributed by atoms with van der Waals surface area (Å²) in [4.78, 5) is 4.84. The van der Waals surface area contributed by atoms with Gasteiger partial charge in [-0.3, -0.25) is 0 Å². The van der Waals surface area contributed by atoms with E-state index in [1.54, 1.807) is 0 Å². The third-order valence-corrected chi connectivity index (χ3v) is 3.47. The van der Waals surface area contributed by atoms with Crippen LogP contribution in [0.3, 0.4) is 0 Å². The van der Waals surface area contributed by atoms with Crippen molar-refractivity contribution in [3.8, 4) is 0 Å². The molecule has 16 heavy (non-hydrogen) atoms. The lowest BCUT2D eigenvalue weighted by Gasteiger charge is -2.46. The summed E-state index contributed by atoms with van der Waals surface area (Å²) < 4.78 is 0. The zero-order valence-corrected chi connectivity index (χ0v) is 8.93. The van der Waals surface area contributed by atoms with E-state index in [0.717, 1.165) is 13.1 Å². The summed E-state index contributed by atoms with van der Waals surface area (Å²) in [6.45, 7) is 2.18. The molecule has 0 unspecified atom stereocenters. The second kappa shape index (κ2) is 2.79. The van der Waals surface area contributed by atoms with Crippen molar-refractivity contribution in [1.29, 1.82) is 0 Å². The zero-order chi connectivity index (χ0) is 10.5. The van der Waals surface area contributed by atoms with E-state index in [0.29, 0.717) is 0 Å². The van der Waals surface area contributed by atoms with Gasteiger partial charge in [-0.2, -0.15) is 0 Å². The molecule has 0 aromatic heterocycles. The smallest absolute Gasteiger partial charge is 0.0653 e. The van der Waals surface area contributed by atoms with Crippen LogP contribution in [0.2, 0.25) is 0 Å². The average molecular weight is 208 g/mol. The number of anilines is 4. The van der Waals surface area contributed by atoms with Crippen molar-refractivity contribution in [1.82, 2.24) is 0 Å². The fourth-order valence-corrected chi connectivity index (χ4v) is 2.78. The Kier molecular flexibility index (Phi) is 1.43. The zero-order valence-electron chi connectivity index (χ0n) is 8.93. The summed E-state index contributed by atoms with van der Waals surface area (Å²) in [6, 6.07) is 17.3. The number of fused-ring (bicyclic) bond motifs is 1. The normalized spacial score (nSPS) is 16.0. The largest absolute Gasteiger partial charge is 0.336 e. The third-order valence-electron chi connectivity index (χ3n) is 3.47. The first-order valence-electron chi connectivity index (χ1n) is 5.68. The number of nitrogens with zero attached hydrogens (tertiary/aromatic N) is 2. The van der Waals surface area contributed by atoms with Crippen LogP contribution in [0.15, 0.2) is 48.5 Å². The fraction of sp³-hybridized carbons (Fsp3) is 0.143. The Hall–Kier alpha value is -1.96. The first kappa shape index (κ1) is 8.22. The molecule has 3 heterocycles. The van der Waals surface area contributed by atoms with Gasteiger partial charge in [0.2, 0.25) is 0 Å². The highest BCUT2D eigenvalue weighted by atomic mass is 15.3. The van der Waals surface area contributed by atoms with Gasteiger partial charge in [-0.1, -0.05) is 24.3 Å². The van der Waals surface area contributed by atoms with E-state index in [-0.39, 0.29) is 0 Å². The molecule has 0 saturated carbocycles. The summed E-state index contributed by atoms with van der Waals surface area (Å²) in [5.74, 6) is 0. The van der Waals surface area contributed by atoms with Crippen molar-refractivity contribution in [3.05, 3.63) is 48.5 Å². The molecular weight excluding hydrogens is 196 g/mol. The van der Waals surface area contributed by atoms with Gasteiger partial charge in [-0.15, -0.1) is 0 Å². The molecule has 0 radical (unpaired) electrons. The maximum atomic E-state index is 2.42. The van der Waals surface area contributed by atoms with Crippen molar-refractivity contribution in [2.45, 2.75) is 0 Å². The summed E-state index contributed by atoms with van der Waals surface area (Å²) in [6.07, 6.45) is 0. The van der Waals surface area contributed by atoms with Gasteiger partial charge in [-0.05, 0) is 24.3 Å². The molecule has 0 saturated heterocycles. The van der Waals surface area contributed by atoms with Crippen LogP contribution in [-0.2, 0) is 0 Å². The quantitative estimate of drug-likeness (QED) is 0.655. The molecule has 2 aromatic rings. The minimum Gasteiger partial charge on any atom is -0.336 e. The van der Waals surface area contributed by atoms with Gasteiger partial charge in [0.15, 0.2) is 0 Å². The molecule has 78 valence electrons. The Morgan fingerprint density at radius 1 is 0.562 bits per heavy atom. The summed E-state index contributed by atoms with van der Waals surface area (Å²) in [5.41, 5.74) is 5.36. The monoisotopic (exact) mass is 208 g/mol. The van der Waals surface area contributed by atoms with Gasteiger partial charge in [-0.25, -0.2) is 0 Å². The molecule has 0 amide bonds. The van der Waals surface area contributed by atoms with Crippen LogP contribution in [0.25, 0.3) is 0 Å². The van der Waals surface area contributed by atoms with Crippen molar-refractivity contribution < 1.29 is 0 Å². The predicted octanol–water partition coefficient (Wildman–Crippen LogP) is 3.29. The van der Waals surface area contributed by atoms with Gasteiger partial charge in [0.25, 0.3) is 0 Å². The van der Waals surface area contributed by atoms with E-state index in [1.165, 1.54) is 22.7 Å². The number of rotatable bonds is 0. The molecule has 5 rings (SSSR count). The van der Waals surface area contributed by atoms with E-state index >= 15 is 0 Å². The van der Waals surface area contributed by atoms with Gasteiger partial charge < -0.3 is 9.80 Å². The Morgan fingerprint density at radius 2 is 0.875 bits per heavy atom. The molecule has 0 fully saturated rings. The van der Waals surface area contributed by atoms with Crippen molar-refractivity contribution >= 4 is 22.7 Å². The lowest BCUT2D eigenvalue weighted by Crippen LogP contribution is -2.41. The molecule has 0 N–H and O–H groups in total. The second-order valence-corrected chi connectivity index (χ2v) is 4.28. The standard InChI is InChI=1S/C14H12N2/c1-2-6-12-11(5-1)15-9-10-16(12)14-8-4-3-7-13(14)15/h1-8H,9-10H2. The Balaban J connectivity index is 2.04. The van der Waals surface area contributed by atoms with Crippen LogP contribution >= 0.6 is 0 Å². The van der Waals surface area contributed by atoms with Crippen molar-refractivity contribution in [2.24, 2.45) is 0 Å². The lowest BCUT2D eigenvalue weighted by molar-refractivity contribution is 0.815. The molecular formula is C14H12N2. The highest BCUT2D eigenvalue weighted by Crippen LogP contribution is 2.50. The van der Waals surface area contributed by atoms with Gasteiger partial charge in [0, 0.05) is 13.1 Å². The predicted molar refractivity (Wildman–Crippen MR) is 66.9 cm³/mol. The molecule has 0 aliphatic carbocycles. The Labute approximate surface area is 94.7 Å². The second-order valence-electron chi connectivity index (χ2n) is 4.28. The van der Waals surface area contributed by atoms with E-state index in [2.05, 4.69) is 58.3 Å². The van der Waals surface area contributed by atoms with Gasteiger partial charge in [0.1, 0.15) is 0 Å². The molecule has 2 heteroatoms. The van der Waals surface area contributed by atoms with Crippen LogP contribution < -0.4 is 9.80 Å². The number of hydrogen-bond donors (Lipinski definition) is 0.